The van der Waals surface area contributed by atoms with E-state index in [9.17, 15) is 13.2 Å². The first-order valence-corrected chi connectivity index (χ1v) is 12.2. The molecule has 2 aromatic rings. The molecule has 0 unspecified atom stereocenters. The van der Waals surface area contributed by atoms with E-state index in [2.05, 4.69) is 32.1 Å². The van der Waals surface area contributed by atoms with Gasteiger partial charge in [-0.1, -0.05) is 18.0 Å². The van der Waals surface area contributed by atoms with Crippen LogP contribution in [-0.2, 0) is 10.0 Å². The quantitative estimate of drug-likeness (QED) is 0.409. The van der Waals surface area contributed by atoms with Crippen molar-refractivity contribution < 1.29 is 13.2 Å². The number of benzene rings is 2. The zero-order chi connectivity index (χ0) is 21.7. The summed E-state index contributed by atoms with van der Waals surface area (Å²) in [6, 6.07) is 11.1. The second kappa shape index (κ2) is 10.1. The van der Waals surface area contributed by atoms with Crippen LogP contribution in [0, 0.1) is 0 Å². The fourth-order valence-corrected chi connectivity index (χ4v) is 5.06. The summed E-state index contributed by atoms with van der Waals surface area (Å²) in [7, 11) is -3.48. The van der Waals surface area contributed by atoms with Crippen LogP contribution >= 0.6 is 39.7 Å². The van der Waals surface area contributed by atoms with Crippen molar-refractivity contribution in [3.8, 4) is 0 Å². The standard InChI is InChI=1S/C19H20BrClN4O3S2/c20-16-9-4-13(12-17(16)21)18(26)23-24-19(29)22-14-5-7-15(8-6-14)30(27,28)25-10-2-1-3-11-25/h4-9,12H,1-3,10-11H2,(H,23,26)(H2,22,24,29). The minimum absolute atomic E-state index is 0.151. The zero-order valence-electron chi connectivity index (χ0n) is 15.8. The van der Waals surface area contributed by atoms with E-state index in [1.165, 1.54) is 22.5 Å². The van der Waals surface area contributed by atoms with E-state index >= 15 is 0 Å². The minimum Gasteiger partial charge on any atom is -0.331 e. The summed E-state index contributed by atoms with van der Waals surface area (Å²) in [5, 5.41) is 3.46. The van der Waals surface area contributed by atoms with Gasteiger partial charge in [-0.05, 0) is 83.5 Å². The molecule has 7 nitrogen and oxygen atoms in total. The summed E-state index contributed by atoms with van der Waals surface area (Å²) < 4.78 is 27.6. The van der Waals surface area contributed by atoms with Gasteiger partial charge in [0.15, 0.2) is 5.11 Å². The largest absolute Gasteiger partial charge is 0.331 e. The number of nitrogens with zero attached hydrogens (tertiary/aromatic N) is 1. The van der Waals surface area contributed by atoms with Gasteiger partial charge in [0, 0.05) is 28.8 Å². The Kier molecular flexibility index (Phi) is 7.70. The van der Waals surface area contributed by atoms with Gasteiger partial charge in [-0.15, -0.1) is 0 Å². The van der Waals surface area contributed by atoms with Crippen molar-refractivity contribution in [2.75, 3.05) is 18.4 Å². The van der Waals surface area contributed by atoms with Crippen molar-refractivity contribution in [3.05, 3.63) is 57.5 Å². The number of hydrogen-bond acceptors (Lipinski definition) is 4. The molecule has 0 radical (unpaired) electrons. The summed E-state index contributed by atoms with van der Waals surface area (Å²) >= 11 is 14.4. The number of thiocarbonyl (C=S) groups is 1. The lowest BCUT2D eigenvalue weighted by atomic mass is 10.2. The molecule has 0 atom stereocenters. The van der Waals surface area contributed by atoms with Crippen molar-refractivity contribution >= 4 is 66.5 Å². The van der Waals surface area contributed by atoms with Crippen LogP contribution in [0.5, 0.6) is 0 Å². The molecular weight excluding hydrogens is 512 g/mol. The predicted octanol–water partition coefficient (Wildman–Crippen LogP) is 3.91. The maximum absolute atomic E-state index is 12.7. The molecule has 1 saturated heterocycles. The monoisotopic (exact) mass is 530 g/mol. The smallest absolute Gasteiger partial charge is 0.269 e. The summed E-state index contributed by atoms with van der Waals surface area (Å²) in [6.45, 7) is 1.11. The van der Waals surface area contributed by atoms with E-state index in [4.69, 9.17) is 23.8 Å². The number of piperidine rings is 1. The number of rotatable bonds is 4. The van der Waals surface area contributed by atoms with Crippen LogP contribution in [0.3, 0.4) is 0 Å². The molecule has 3 N–H and O–H groups in total. The SMILES string of the molecule is O=C(NNC(=S)Nc1ccc(S(=O)(=O)N2CCCCC2)cc1)c1ccc(Br)c(Cl)c1. The number of halogens is 2. The van der Waals surface area contributed by atoms with Gasteiger partial charge in [0.05, 0.1) is 9.92 Å². The van der Waals surface area contributed by atoms with E-state index in [0.717, 1.165) is 19.3 Å². The first-order chi connectivity index (χ1) is 14.3. The van der Waals surface area contributed by atoms with E-state index in [1.54, 1.807) is 24.3 Å². The van der Waals surface area contributed by atoms with Gasteiger partial charge in [0.25, 0.3) is 5.91 Å². The maximum atomic E-state index is 12.7. The van der Waals surface area contributed by atoms with E-state index in [0.29, 0.717) is 33.8 Å². The molecule has 3 rings (SSSR count). The molecule has 1 aliphatic rings. The van der Waals surface area contributed by atoms with Gasteiger partial charge in [0.1, 0.15) is 0 Å². The number of amides is 1. The maximum Gasteiger partial charge on any atom is 0.269 e. The normalized spacial score (nSPS) is 14.7. The second-order valence-electron chi connectivity index (χ2n) is 6.65. The molecule has 0 saturated carbocycles. The van der Waals surface area contributed by atoms with Crippen molar-refractivity contribution in [1.82, 2.24) is 15.2 Å². The molecule has 30 heavy (non-hydrogen) atoms. The van der Waals surface area contributed by atoms with Crippen LogP contribution in [0.1, 0.15) is 29.6 Å². The molecule has 2 aromatic carbocycles. The Hall–Kier alpha value is -1.72. The number of hydrazine groups is 1. The van der Waals surface area contributed by atoms with Gasteiger partial charge in [-0.3, -0.25) is 15.6 Å². The Balaban J connectivity index is 1.55. The zero-order valence-corrected chi connectivity index (χ0v) is 19.8. The second-order valence-corrected chi connectivity index (χ2v) is 10.3. The average molecular weight is 532 g/mol. The van der Waals surface area contributed by atoms with E-state index in [-0.39, 0.29) is 10.0 Å². The predicted molar refractivity (Wildman–Crippen MR) is 125 cm³/mol. The van der Waals surface area contributed by atoms with Gasteiger partial charge in [-0.2, -0.15) is 4.31 Å². The molecule has 1 amide bonds. The molecule has 160 valence electrons. The summed E-state index contributed by atoms with van der Waals surface area (Å²) in [5.74, 6) is -0.406. The Morgan fingerprint density at radius 3 is 2.33 bits per heavy atom. The van der Waals surface area contributed by atoms with Gasteiger partial charge < -0.3 is 5.32 Å². The number of anilines is 1. The highest BCUT2D eigenvalue weighted by Gasteiger charge is 2.25. The van der Waals surface area contributed by atoms with Crippen molar-refractivity contribution in [2.45, 2.75) is 24.2 Å². The van der Waals surface area contributed by atoms with Gasteiger partial charge >= 0.3 is 0 Å². The highest BCUT2D eigenvalue weighted by molar-refractivity contribution is 9.10. The van der Waals surface area contributed by atoms with Crippen molar-refractivity contribution in [1.29, 1.82) is 0 Å². The number of nitrogens with one attached hydrogen (secondary N) is 3. The minimum atomic E-state index is -3.48. The molecule has 1 aliphatic heterocycles. The first kappa shape index (κ1) is 23.0. The van der Waals surface area contributed by atoms with Crippen molar-refractivity contribution in [3.63, 3.8) is 0 Å². The lowest BCUT2D eigenvalue weighted by Crippen LogP contribution is -2.43. The van der Waals surface area contributed by atoms with Crippen LogP contribution in [-0.4, -0.2) is 36.8 Å². The highest BCUT2D eigenvalue weighted by atomic mass is 79.9. The van der Waals surface area contributed by atoms with Crippen LogP contribution < -0.4 is 16.2 Å². The third-order valence-corrected chi connectivity index (χ3v) is 7.89. The molecule has 0 spiro atoms. The average Bonchev–Trinajstić information content (AvgIpc) is 2.75. The number of sulfonamides is 1. The van der Waals surface area contributed by atoms with Crippen LogP contribution in [0.25, 0.3) is 0 Å². The van der Waals surface area contributed by atoms with Crippen LogP contribution in [0.15, 0.2) is 51.8 Å². The number of carbonyl (C=O) groups excluding carboxylic acids is 1. The van der Waals surface area contributed by atoms with Gasteiger partial charge in [0.2, 0.25) is 10.0 Å². The molecule has 0 bridgehead atoms. The molecule has 11 heteroatoms. The lowest BCUT2D eigenvalue weighted by Gasteiger charge is -2.25. The third-order valence-electron chi connectivity index (χ3n) is 4.54. The summed E-state index contributed by atoms with van der Waals surface area (Å²) in [4.78, 5) is 12.4. The molecule has 0 aromatic heterocycles. The first-order valence-electron chi connectivity index (χ1n) is 9.20. The third kappa shape index (κ3) is 5.70. The lowest BCUT2D eigenvalue weighted by molar-refractivity contribution is 0.0944. The Morgan fingerprint density at radius 1 is 1.03 bits per heavy atom. The molecule has 1 fully saturated rings. The van der Waals surface area contributed by atoms with E-state index in [1.807, 2.05) is 0 Å². The molecule has 1 heterocycles. The Bertz CT molecular complexity index is 1040. The van der Waals surface area contributed by atoms with Crippen LogP contribution in [0.2, 0.25) is 5.02 Å². The molecule has 0 aliphatic carbocycles. The fraction of sp³-hybridized carbons (Fsp3) is 0.263. The topological polar surface area (TPSA) is 90.5 Å². The summed E-state index contributed by atoms with van der Waals surface area (Å²) in [5.41, 5.74) is 6.03. The van der Waals surface area contributed by atoms with E-state index < -0.39 is 15.9 Å². The van der Waals surface area contributed by atoms with Crippen LogP contribution in [0.4, 0.5) is 5.69 Å². The summed E-state index contributed by atoms with van der Waals surface area (Å²) in [6.07, 6.45) is 2.83. The number of hydrogen-bond donors (Lipinski definition) is 3. The van der Waals surface area contributed by atoms with Gasteiger partial charge in [-0.25, -0.2) is 8.42 Å². The Morgan fingerprint density at radius 2 is 1.70 bits per heavy atom. The Labute approximate surface area is 194 Å². The fourth-order valence-electron chi connectivity index (χ4n) is 2.95. The molecular formula is C19H20BrClN4O3S2. The highest BCUT2D eigenvalue weighted by Crippen LogP contribution is 2.23. The van der Waals surface area contributed by atoms with Crippen molar-refractivity contribution in [2.24, 2.45) is 0 Å². The number of carbonyl (C=O) groups is 1.